The Kier molecular flexibility index (Phi) is 5.81. The molecule has 0 saturated heterocycles. The van der Waals surface area contributed by atoms with E-state index in [0.29, 0.717) is 6.54 Å². The SMILES string of the molecule is C=CCN(CC(=O)N1CCc2sccc2C1c1ccc(F)cc1)C(=O)c1ccco1. The maximum atomic E-state index is 13.5. The van der Waals surface area contributed by atoms with Crippen LogP contribution >= 0.6 is 11.3 Å². The van der Waals surface area contributed by atoms with Crippen molar-refractivity contribution in [3.63, 3.8) is 0 Å². The Morgan fingerprint density at radius 2 is 2.07 bits per heavy atom. The van der Waals surface area contributed by atoms with Gasteiger partial charge in [-0.1, -0.05) is 18.2 Å². The summed E-state index contributed by atoms with van der Waals surface area (Å²) in [4.78, 5) is 30.5. The molecule has 2 aromatic heterocycles. The Morgan fingerprint density at radius 3 is 2.77 bits per heavy atom. The highest BCUT2D eigenvalue weighted by Crippen LogP contribution is 2.37. The van der Waals surface area contributed by atoms with Gasteiger partial charge in [-0.25, -0.2) is 4.39 Å². The highest BCUT2D eigenvalue weighted by Gasteiger charge is 2.34. The number of carbonyl (C=O) groups is 2. The van der Waals surface area contributed by atoms with Crippen LogP contribution in [0.25, 0.3) is 0 Å². The van der Waals surface area contributed by atoms with Crippen molar-refractivity contribution >= 4 is 23.2 Å². The molecule has 0 aliphatic carbocycles. The van der Waals surface area contributed by atoms with Gasteiger partial charge in [0.2, 0.25) is 5.91 Å². The zero-order valence-electron chi connectivity index (χ0n) is 16.3. The van der Waals surface area contributed by atoms with E-state index in [2.05, 4.69) is 6.58 Å². The zero-order chi connectivity index (χ0) is 21.1. The molecule has 2 amide bonds. The molecule has 1 atom stereocenters. The summed E-state index contributed by atoms with van der Waals surface area (Å²) >= 11 is 1.66. The summed E-state index contributed by atoms with van der Waals surface area (Å²) in [6.45, 7) is 4.36. The minimum absolute atomic E-state index is 0.0945. The Balaban J connectivity index is 1.61. The fraction of sp³-hybridized carbons (Fsp3) is 0.217. The fourth-order valence-corrected chi connectivity index (χ4v) is 4.68. The smallest absolute Gasteiger partial charge is 0.290 e. The standard InChI is InChI=1S/C23H21FN2O3S/c1-2-11-25(23(28)19-4-3-13-29-19)15-21(27)26-12-9-20-18(10-14-30-20)22(26)16-5-7-17(24)8-6-16/h2-8,10,13-14,22H,1,9,11-12,15H2. The quantitative estimate of drug-likeness (QED) is 0.555. The number of amides is 2. The van der Waals surface area contributed by atoms with Gasteiger partial charge in [0.15, 0.2) is 5.76 Å². The molecular weight excluding hydrogens is 403 g/mol. The van der Waals surface area contributed by atoms with Gasteiger partial charge in [0.1, 0.15) is 12.4 Å². The van der Waals surface area contributed by atoms with Crippen LogP contribution in [0.15, 0.2) is 71.2 Å². The Morgan fingerprint density at radius 1 is 1.27 bits per heavy atom. The number of carbonyl (C=O) groups excluding carboxylic acids is 2. The number of benzene rings is 1. The molecule has 1 aliphatic heterocycles. The molecule has 1 aliphatic rings. The normalized spacial score (nSPS) is 15.5. The second-order valence-corrected chi connectivity index (χ2v) is 8.04. The molecular formula is C23H21FN2O3S. The molecule has 1 aromatic carbocycles. The number of halogens is 1. The van der Waals surface area contributed by atoms with Crippen molar-refractivity contribution in [3.8, 4) is 0 Å². The number of rotatable bonds is 6. The van der Waals surface area contributed by atoms with Gasteiger partial charge in [-0.2, -0.15) is 0 Å². The number of thiophene rings is 1. The van der Waals surface area contributed by atoms with Gasteiger partial charge in [-0.05, 0) is 53.3 Å². The molecule has 0 spiro atoms. The monoisotopic (exact) mass is 424 g/mol. The van der Waals surface area contributed by atoms with Crippen molar-refractivity contribution in [3.05, 3.63) is 94.3 Å². The van der Waals surface area contributed by atoms with Crippen molar-refractivity contribution < 1.29 is 18.4 Å². The molecule has 5 nitrogen and oxygen atoms in total. The molecule has 154 valence electrons. The fourth-order valence-electron chi connectivity index (χ4n) is 3.77. The second kappa shape index (κ2) is 8.67. The van der Waals surface area contributed by atoms with Gasteiger partial charge >= 0.3 is 0 Å². The number of hydrogen-bond acceptors (Lipinski definition) is 4. The van der Waals surface area contributed by atoms with E-state index in [9.17, 15) is 14.0 Å². The number of furan rings is 1. The van der Waals surface area contributed by atoms with Gasteiger partial charge in [-0.15, -0.1) is 17.9 Å². The van der Waals surface area contributed by atoms with E-state index in [-0.39, 0.29) is 42.5 Å². The van der Waals surface area contributed by atoms with Gasteiger partial charge < -0.3 is 14.2 Å². The van der Waals surface area contributed by atoms with Gasteiger partial charge in [0.05, 0.1) is 12.3 Å². The van der Waals surface area contributed by atoms with Crippen LogP contribution in [0.5, 0.6) is 0 Å². The predicted molar refractivity (Wildman–Crippen MR) is 113 cm³/mol. The van der Waals surface area contributed by atoms with Crippen molar-refractivity contribution in [2.75, 3.05) is 19.6 Å². The van der Waals surface area contributed by atoms with Crippen molar-refractivity contribution in [2.45, 2.75) is 12.5 Å². The first-order valence-corrected chi connectivity index (χ1v) is 10.5. The van der Waals surface area contributed by atoms with E-state index in [4.69, 9.17) is 4.42 Å². The van der Waals surface area contributed by atoms with E-state index in [1.165, 1.54) is 28.2 Å². The Labute approximate surface area is 178 Å². The zero-order valence-corrected chi connectivity index (χ0v) is 17.1. The third-order valence-electron chi connectivity index (χ3n) is 5.17. The summed E-state index contributed by atoms with van der Waals surface area (Å²) in [6.07, 6.45) is 3.76. The Bertz CT molecular complexity index is 1040. The van der Waals surface area contributed by atoms with Crippen LogP contribution in [0.1, 0.15) is 32.6 Å². The summed E-state index contributed by atoms with van der Waals surface area (Å²) in [5.41, 5.74) is 1.90. The van der Waals surface area contributed by atoms with E-state index in [1.54, 1.807) is 46.6 Å². The molecule has 1 unspecified atom stereocenters. The van der Waals surface area contributed by atoms with E-state index in [0.717, 1.165) is 17.5 Å². The lowest BCUT2D eigenvalue weighted by Crippen LogP contribution is -2.46. The summed E-state index contributed by atoms with van der Waals surface area (Å²) < 4.78 is 18.7. The minimum atomic E-state index is -0.361. The summed E-state index contributed by atoms with van der Waals surface area (Å²) in [6, 6.07) is 11.1. The third kappa shape index (κ3) is 3.93. The highest BCUT2D eigenvalue weighted by atomic mass is 32.1. The van der Waals surface area contributed by atoms with Crippen molar-refractivity contribution in [1.29, 1.82) is 0 Å². The van der Waals surface area contributed by atoms with Crippen LogP contribution in [0.3, 0.4) is 0 Å². The molecule has 0 radical (unpaired) electrons. The summed E-state index contributed by atoms with van der Waals surface area (Å²) in [7, 11) is 0. The van der Waals surface area contributed by atoms with Crippen LogP contribution in [-0.4, -0.2) is 41.2 Å². The predicted octanol–water partition coefficient (Wildman–Crippen LogP) is 4.28. The lowest BCUT2D eigenvalue weighted by molar-refractivity contribution is -0.133. The van der Waals surface area contributed by atoms with E-state index in [1.807, 2.05) is 11.4 Å². The van der Waals surface area contributed by atoms with Crippen molar-refractivity contribution in [1.82, 2.24) is 9.80 Å². The number of nitrogens with zero attached hydrogens (tertiary/aromatic N) is 2. The molecule has 4 rings (SSSR count). The molecule has 0 bridgehead atoms. The number of hydrogen-bond donors (Lipinski definition) is 0. The summed E-state index contributed by atoms with van der Waals surface area (Å²) in [5, 5.41) is 2.01. The maximum absolute atomic E-state index is 13.5. The van der Waals surface area contributed by atoms with Gasteiger partial charge in [0, 0.05) is 18.0 Å². The highest BCUT2D eigenvalue weighted by molar-refractivity contribution is 7.10. The maximum Gasteiger partial charge on any atom is 0.290 e. The third-order valence-corrected chi connectivity index (χ3v) is 6.16. The van der Waals surface area contributed by atoms with Gasteiger partial charge in [0.25, 0.3) is 5.91 Å². The molecule has 3 aromatic rings. The first-order valence-electron chi connectivity index (χ1n) is 9.63. The molecule has 7 heteroatoms. The summed E-state index contributed by atoms with van der Waals surface area (Å²) in [5.74, 6) is -0.680. The second-order valence-electron chi connectivity index (χ2n) is 7.04. The largest absolute Gasteiger partial charge is 0.459 e. The van der Waals surface area contributed by atoms with Gasteiger partial charge in [-0.3, -0.25) is 9.59 Å². The molecule has 0 fully saturated rings. The average Bonchev–Trinajstić information content (AvgIpc) is 3.44. The Hall–Kier alpha value is -3.19. The molecule has 0 N–H and O–H groups in total. The van der Waals surface area contributed by atoms with Crippen LogP contribution in [0, 0.1) is 5.82 Å². The average molecular weight is 424 g/mol. The topological polar surface area (TPSA) is 53.8 Å². The van der Waals surface area contributed by atoms with E-state index < -0.39 is 0 Å². The lowest BCUT2D eigenvalue weighted by Gasteiger charge is -2.37. The van der Waals surface area contributed by atoms with Crippen LogP contribution in [0.2, 0.25) is 0 Å². The molecule has 30 heavy (non-hydrogen) atoms. The van der Waals surface area contributed by atoms with Crippen LogP contribution in [0.4, 0.5) is 4.39 Å². The van der Waals surface area contributed by atoms with Crippen LogP contribution in [-0.2, 0) is 11.2 Å². The first-order chi connectivity index (χ1) is 14.6. The van der Waals surface area contributed by atoms with Crippen LogP contribution < -0.4 is 0 Å². The molecule has 3 heterocycles. The van der Waals surface area contributed by atoms with Crippen molar-refractivity contribution in [2.24, 2.45) is 0 Å². The molecule has 0 saturated carbocycles. The number of fused-ring (bicyclic) bond motifs is 1. The first kappa shape index (κ1) is 20.1. The van der Waals surface area contributed by atoms with E-state index >= 15 is 0 Å². The minimum Gasteiger partial charge on any atom is -0.459 e. The lowest BCUT2D eigenvalue weighted by atomic mass is 9.93.